The summed E-state index contributed by atoms with van der Waals surface area (Å²) in [5.74, 6) is -0.900. The number of nitrogens with zero attached hydrogens (tertiary/aromatic N) is 2. The fraction of sp³-hybridized carbons (Fsp3) is 0.333. The highest BCUT2D eigenvalue weighted by atomic mass is 16.5. The largest absolute Gasteiger partial charge is 0.493 e. The molecule has 3 rings (SSSR count). The summed E-state index contributed by atoms with van der Waals surface area (Å²) >= 11 is 0. The van der Waals surface area contributed by atoms with Gasteiger partial charge in [0.25, 0.3) is 5.91 Å². The Hall–Kier alpha value is -3.88. The highest BCUT2D eigenvalue weighted by molar-refractivity contribution is 6.39. The summed E-state index contributed by atoms with van der Waals surface area (Å²) in [7, 11) is 1.49. The van der Waals surface area contributed by atoms with Crippen molar-refractivity contribution in [3.63, 3.8) is 0 Å². The van der Waals surface area contributed by atoms with Gasteiger partial charge in [0.1, 0.15) is 0 Å². The number of aryl methyl sites for hydroxylation is 2. The van der Waals surface area contributed by atoms with Crippen LogP contribution in [0.5, 0.6) is 11.5 Å². The minimum Gasteiger partial charge on any atom is -0.493 e. The van der Waals surface area contributed by atoms with Crippen LogP contribution in [0.2, 0.25) is 0 Å². The van der Waals surface area contributed by atoms with Gasteiger partial charge < -0.3 is 19.7 Å². The number of benzene rings is 2. The monoisotopic (exact) mass is 452 g/mol. The van der Waals surface area contributed by atoms with Gasteiger partial charge in [-0.15, -0.1) is 0 Å². The molecule has 0 radical (unpaired) electrons. The summed E-state index contributed by atoms with van der Waals surface area (Å²) < 4.78 is 11.0. The molecule has 1 aliphatic rings. The van der Waals surface area contributed by atoms with Crippen molar-refractivity contribution in [2.75, 3.05) is 32.1 Å². The van der Waals surface area contributed by atoms with E-state index in [1.807, 2.05) is 32.0 Å². The molecule has 9 heteroatoms. The van der Waals surface area contributed by atoms with Crippen molar-refractivity contribution in [2.24, 2.45) is 5.10 Å². The maximum atomic E-state index is 12.2. The van der Waals surface area contributed by atoms with Crippen molar-refractivity contribution in [1.29, 1.82) is 0 Å². The van der Waals surface area contributed by atoms with Gasteiger partial charge in [-0.25, -0.2) is 5.43 Å². The maximum Gasteiger partial charge on any atom is 0.329 e. The van der Waals surface area contributed by atoms with E-state index in [-0.39, 0.29) is 12.5 Å². The van der Waals surface area contributed by atoms with Gasteiger partial charge in [0, 0.05) is 18.8 Å². The summed E-state index contributed by atoms with van der Waals surface area (Å²) in [6, 6.07) is 10.6. The van der Waals surface area contributed by atoms with Gasteiger partial charge in [0.05, 0.1) is 13.3 Å². The van der Waals surface area contributed by atoms with E-state index in [9.17, 15) is 14.4 Å². The Morgan fingerprint density at radius 3 is 2.39 bits per heavy atom. The molecular weight excluding hydrogens is 424 g/mol. The molecule has 0 bridgehead atoms. The molecule has 0 aliphatic carbocycles. The summed E-state index contributed by atoms with van der Waals surface area (Å²) in [5.41, 5.74) is 5.14. The van der Waals surface area contributed by atoms with E-state index >= 15 is 0 Å². The molecule has 1 aliphatic heterocycles. The number of methoxy groups -OCH3 is 1. The van der Waals surface area contributed by atoms with Crippen LogP contribution in [0.3, 0.4) is 0 Å². The number of likely N-dealkylation sites (tertiary alicyclic amines) is 1. The third kappa shape index (κ3) is 6.31. The molecule has 9 nitrogen and oxygen atoms in total. The second kappa shape index (κ2) is 11.1. The fourth-order valence-corrected chi connectivity index (χ4v) is 3.48. The van der Waals surface area contributed by atoms with Crippen LogP contribution in [0, 0.1) is 13.8 Å². The summed E-state index contributed by atoms with van der Waals surface area (Å²) in [6.07, 6.45) is 3.42. The zero-order valence-electron chi connectivity index (χ0n) is 19.0. The molecule has 0 saturated carbocycles. The standard InChI is InChI=1S/C24H28N4O5/c1-16-7-6-8-17(2)22(16)26-23(30)24(31)27-25-14-18-9-10-19(20(13-18)32-3)33-15-21(29)28-11-4-5-12-28/h6-10,13-14H,4-5,11-12,15H2,1-3H3,(H,26,30)(H,27,31)/b25-14-. The Kier molecular flexibility index (Phi) is 8.01. The van der Waals surface area contributed by atoms with Gasteiger partial charge in [-0.1, -0.05) is 18.2 Å². The predicted octanol–water partition coefficient (Wildman–Crippen LogP) is 2.40. The fourth-order valence-electron chi connectivity index (χ4n) is 3.48. The predicted molar refractivity (Wildman–Crippen MR) is 125 cm³/mol. The van der Waals surface area contributed by atoms with Crippen molar-refractivity contribution < 1.29 is 23.9 Å². The molecule has 0 atom stereocenters. The van der Waals surface area contributed by atoms with Crippen LogP contribution < -0.4 is 20.2 Å². The van der Waals surface area contributed by atoms with Crippen molar-refractivity contribution in [3.8, 4) is 11.5 Å². The average molecular weight is 453 g/mol. The molecule has 0 spiro atoms. The average Bonchev–Trinajstić information content (AvgIpc) is 3.35. The molecule has 2 aromatic carbocycles. The van der Waals surface area contributed by atoms with Gasteiger partial charge >= 0.3 is 11.8 Å². The van der Waals surface area contributed by atoms with Crippen LogP contribution in [0.1, 0.15) is 29.5 Å². The lowest BCUT2D eigenvalue weighted by Crippen LogP contribution is -2.32. The number of ether oxygens (including phenoxy) is 2. The molecule has 2 aromatic rings. The SMILES string of the molecule is COc1cc(/C=N\NC(=O)C(=O)Nc2c(C)cccc2C)ccc1OCC(=O)N1CCCC1. The number of para-hydroxylation sites is 1. The molecule has 174 valence electrons. The minimum atomic E-state index is -0.888. The van der Waals surface area contributed by atoms with Crippen LogP contribution >= 0.6 is 0 Å². The quantitative estimate of drug-likeness (QED) is 0.381. The zero-order chi connectivity index (χ0) is 23.8. The first-order valence-electron chi connectivity index (χ1n) is 10.7. The lowest BCUT2D eigenvalue weighted by molar-refractivity contribution is -0.136. The number of carbonyl (C=O) groups is 3. The van der Waals surface area contributed by atoms with E-state index in [2.05, 4.69) is 15.8 Å². The lowest BCUT2D eigenvalue weighted by atomic mass is 10.1. The number of hydrazone groups is 1. The Labute approximate surface area is 192 Å². The van der Waals surface area contributed by atoms with Crippen LogP contribution in [-0.2, 0) is 14.4 Å². The molecule has 3 amide bonds. The molecule has 1 heterocycles. The Morgan fingerprint density at radius 1 is 1.03 bits per heavy atom. The van der Waals surface area contributed by atoms with Gasteiger partial charge in [-0.2, -0.15) is 5.10 Å². The number of rotatable bonds is 7. The Morgan fingerprint density at radius 2 is 1.73 bits per heavy atom. The van der Waals surface area contributed by atoms with Crippen LogP contribution in [-0.4, -0.2) is 55.6 Å². The van der Waals surface area contributed by atoms with Gasteiger partial charge in [0.2, 0.25) is 0 Å². The summed E-state index contributed by atoms with van der Waals surface area (Å²) in [6.45, 7) is 5.17. The number of carbonyl (C=O) groups excluding carboxylic acids is 3. The molecule has 0 aromatic heterocycles. The van der Waals surface area contributed by atoms with Gasteiger partial charge in [-0.3, -0.25) is 14.4 Å². The zero-order valence-corrected chi connectivity index (χ0v) is 19.0. The normalized spacial score (nSPS) is 13.1. The van der Waals surface area contributed by atoms with E-state index < -0.39 is 11.8 Å². The third-order valence-electron chi connectivity index (χ3n) is 5.30. The topological polar surface area (TPSA) is 109 Å². The van der Waals surface area contributed by atoms with E-state index in [1.165, 1.54) is 13.3 Å². The summed E-state index contributed by atoms with van der Waals surface area (Å²) in [4.78, 5) is 38.2. The van der Waals surface area contributed by atoms with Crippen molar-refractivity contribution >= 4 is 29.6 Å². The number of anilines is 1. The molecular formula is C24H28N4O5. The third-order valence-corrected chi connectivity index (χ3v) is 5.30. The van der Waals surface area contributed by atoms with E-state index in [0.29, 0.717) is 22.7 Å². The smallest absolute Gasteiger partial charge is 0.329 e. The number of hydrogen-bond donors (Lipinski definition) is 2. The Bertz CT molecular complexity index is 1040. The highest BCUT2D eigenvalue weighted by Crippen LogP contribution is 2.27. The van der Waals surface area contributed by atoms with E-state index in [1.54, 1.807) is 23.1 Å². The molecule has 1 saturated heterocycles. The minimum absolute atomic E-state index is 0.0536. The second-order valence-electron chi connectivity index (χ2n) is 7.71. The molecule has 2 N–H and O–H groups in total. The highest BCUT2D eigenvalue weighted by Gasteiger charge is 2.19. The first-order chi connectivity index (χ1) is 15.9. The number of hydrogen-bond acceptors (Lipinski definition) is 6. The van der Waals surface area contributed by atoms with Crippen LogP contribution in [0.4, 0.5) is 5.69 Å². The second-order valence-corrected chi connectivity index (χ2v) is 7.71. The first kappa shape index (κ1) is 23.8. The number of nitrogens with one attached hydrogen (secondary N) is 2. The lowest BCUT2D eigenvalue weighted by Gasteiger charge is -2.16. The van der Waals surface area contributed by atoms with Gasteiger partial charge in [-0.05, 0) is 61.6 Å². The Balaban J connectivity index is 1.55. The number of amides is 3. The summed E-state index contributed by atoms with van der Waals surface area (Å²) in [5, 5.41) is 6.44. The van der Waals surface area contributed by atoms with E-state index in [0.717, 1.165) is 37.1 Å². The maximum absolute atomic E-state index is 12.2. The van der Waals surface area contributed by atoms with Gasteiger partial charge in [0.15, 0.2) is 18.1 Å². The molecule has 1 fully saturated rings. The van der Waals surface area contributed by atoms with Crippen molar-refractivity contribution in [3.05, 3.63) is 53.1 Å². The van der Waals surface area contributed by atoms with Crippen LogP contribution in [0.15, 0.2) is 41.5 Å². The van der Waals surface area contributed by atoms with Crippen molar-refractivity contribution in [2.45, 2.75) is 26.7 Å². The van der Waals surface area contributed by atoms with E-state index in [4.69, 9.17) is 9.47 Å². The molecule has 33 heavy (non-hydrogen) atoms. The van der Waals surface area contributed by atoms with Crippen molar-refractivity contribution in [1.82, 2.24) is 10.3 Å². The first-order valence-corrected chi connectivity index (χ1v) is 10.7. The van der Waals surface area contributed by atoms with Crippen LogP contribution in [0.25, 0.3) is 0 Å². The molecule has 0 unspecified atom stereocenters.